The van der Waals surface area contributed by atoms with E-state index in [4.69, 9.17) is 5.73 Å². The molecule has 0 aliphatic heterocycles. The quantitative estimate of drug-likeness (QED) is 0.588. The topological polar surface area (TPSA) is 72.2 Å². The predicted octanol–water partition coefficient (Wildman–Crippen LogP) is 1.58. The third-order valence-corrected chi connectivity index (χ3v) is 2.65. The molecule has 16 heavy (non-hydrogen) atoms. The lowest BCUT2D eigenvalue weighted by molar-refractivity contribution is -0.122. The van der Waals surface area contributed by atoms with Crippen LogP contribution in [0.5, 0.6) is 0 Å². The molecule has 0 aliphatic rings. The molecule has 0 heterocycles. The van der Waals surface area contributed by atoms with Gasteiger partial charge in [0.05, 0.1) is 0 Å². The molecule has 4 heteroatoms. The second kappa shape index (κ2) is 9.19. The lowest BCUT2D eigenvalue weighted by Crippen LogP contribution is -2.25. The van der Waals surface area contributed by atoms with E-state index in [9.17, 15) is 9.59 Å². The standard InChI is InChI=1S/C12H24N2O2/c1-3-10(2)9-12(16)14-8-6-4-5-7-11(13)15/h10H,3-9H2,1-2H3,(H2,13,15)(H,14,16). The summed E-state index contributed by atoms with van der Waals surface area (Å²) >= 11 is 0. The fourth-order valence-corrected chi connectivity index (χ4v) is 1.36. The van der Waals surface area contributed by atoms with Crippen LogP contribution in [-0.2, 0) is 9.59 Å². The van der Waals surface area contributed by atoms with Crippen molar-refractivity contribution >= 4 is 11.8 Å². The van der Waals surface area contributed by atoms with Crippen molar-refractivity contribution in [2.45, 2.75) is 52.4 Å². The second-order valence-electron chi connectivity index (χ2n) is 4.34. The molecule has 0 saturated heterocycles. The van der Waals surface area contributed by atoms with Crippen LogP contribution in [0.3, 0.4) is 0 Å². The van der Waals surface area contributed by atoms with Crippen LogP contribution in [0.1, 0.15) is 52.4 Å². The van der Waals surface area contributed by atoms with Crippen LogP contribution in [-0.4, -0.2) is 18.4 Å². The number of nitrogens with two attached hydrogens (primary N) is 1. The number of carbonyl (C=O) groups is 2. The van der Waals surface area contributed by atoms with Crippen LogP contribution < -0.4 is 11.1 Å². The molecule has 3 N–H and O–H groups in total. The Hall–Kier alpha value is -1.06. The average Bonchev–Trinajstić information content (AvgIpc) is 2.22. The van der Waals surface area contributed by atoms with E-state index in [0.29, 0.717) is 25.3 Å². The largest absolute Gasteiger partial charge is 0.370 e. The smallest absolute Gasteiger partial charge is 0.220 e. The number of nitrogens with one attached hydrogen (secondary N) is 1. The first kappa shape index (κ1) is 14.9. The minimum atomic E-state index is -0.249. The number of unbranched alkanes of at least 4 members (excludes halogenated alkanes) is 2. The molecule has 0 fully saturated rings. The van der Waals surface area contributed by atoms with Crippen molar-refractivity contribution in [2.24, 2.45) is 11.7 Å². The zero-order valence-corrected chi connectivity index (χ0v) is 10.4. The van der Waals surface area contributed by atoms with Crippen molar-refractivity contribution < 1.29 is 9.59 Å². The molecule has 0 bridgehead atoms. The van der Waals surface area contributed by atoms with Crippen LogP contribution in [0.2, 0.25) is 0 Å². The van der Waals surface area contributed by atoms with Gasteiger partial charge in [-0.3, -0.25) is 9.59 Å². The normalized spacial score (nSPS) is 12.1. The highest BCUT2D eigenvalue weighted by molar-refractivity contribution is 5.76. The fraction of sp³-hybridized carbons (Fsp3) is 0.833. The summed E-state index contributed by atoms with van der Waals surface area (Å²) in [6.45, 7) is 4.86. The Morgan fingerprint density at radius 2 is 1.94 bits per heavy atom. The molecule has 0 rings (SSSR count). The van der Waals surface area contributed by atoms with Gasteiger partial charge in [-0.15, -0.1) is 0 Å². The number of hydrogen-bond donors (Lipinski definition) is 2. The minimum absolute atomic E-state index is 0.129. The van der Waals surface area contributed by atoms with Gasteiger partial charge in [0, 0.05) is 19.4 Å². The summed E-state index contributed by atoms with van der Waals surface area (Å²) in [6.07, 6.45) is 4.76. The van der Waals surface area contributed by atoms with Gasteiger partial charge in [-0.05, 0) is 18.8 Å². The second-order valence-corrected chi connectivity index (χ2v) is 4.34. The summed E-state index contributed by atoms with van der Waals surface area (Å²) in [5.41, 5.74) is 5.02. The maximum absolute atomic E-state index is 11.4. The fourth-order valence-electron chi connectivity index (χ4n) is 1.36. The van der Waals surface area contributed by atoms with E-state index in [-0.39, 0.29) is 11.8 Å². The van der Waals surface area contributed by atoms with Crippen molar-refractivity contribution in [1.82, 2.24) is 5.32 Å². The third kappa shape index (κ3) is 9.49. The molecule has 0 aromatic heterocycles. The summed E-state index contributed by atoms with van der Waals surface area (Å²) in [7, 11) is 0. The molecule has 2 amide bonds. The first-order valence-corrected chi connectivity index (χ1v) is 6.11. The molecule has 1 unspecified atom stereocenters. The molecule has 4 nitrogen and oxygen atoms in total. The lowest BCUT2D eigenvalue weighted by Gasteiger charge is -2.08. The summed E-state index contributed by atoms with van der Waals surface area (Å²) in [4.78, 5) is 21.8. The third-order valence-electron chi connectivity index (χ3n) is 2.65. The van der Waals surface area contributed by atoms with Crippen molar-refractivity contribution in [3.8, 4) is 0 Å². The number of amides is 2. The Balaban J connectivity index is 3.31. The molecule has 0 aromatic rings. The first-order valence-electron chi connectivity index (χ1n) is 6.11. The predicted molar refractivity (Wildman–Crippen MR) is 64.7 cm³/mol. The van der Waals surface area contributed by atoms with E-state index >= 15 is 0 Å². The van der Waals surface area contributed by atoms with Crippen LogP contribution >= 0.6 is 0 Å². The van der Waals surface area contributed by atoms with E-state index in [1.165, 1.54) is 0 Å². The van der Waals surface area contributed by atoms with Crippen molar-refractivity contribution in [1.29, 1.82) is 0 Å². The molecule has 94 valence electrons. The zero-order chi connectivity index (χ0) is 12.4. The van der Waals surface area contributed by atoms with Gasteiger partial charge in [0.25, 0.3) is 0 Å². The highest BCUT2D eigenvalue weighted by Gasteiger charge is 2.05. The van der Waals surface area contributed by atoms with E-state index in [1.54, 1.807) is 0 Å². The molecule has 0 radical (unpaired) electrons. The monoisotopic (exact) mass is 228 g/mol. The summed E-state index contributed by atoms with van der Waals surface area (Å²) in [6, 6.07) is 0. The Labute approximate surface area is 98.0 Å². The maximum atomic E-state index is 11.4. The van der Waals surface area contributed by atoms with Gasteiger partial charge in [-0.25, -0.2) is 0 Å². The highest BCUT2D eigenvalue weighted by atomic mass is 16.1. The van der Waals surface area contributed by atoms with Crippen molar-refractivity contribution in [3.05, 3.63) is 0 Å². The molecule has 0 aromatic carbocycles. The number of hydrogen-bond acceptors (Lipinski definition) is 2. The molecule has 0 aliphatic carbocycles. The Kier molecular flexibility index (Phi) is 8.58. The van der Waals surface area contributed by atoms with E-state index < -0.39 is 0 Å². The number of primary amides is 1. The van der Waals surface area contributed by atoms with Crippen molar-refractivity contribution in [2.75, 3.05) is 6.54 Å². The highest BCUT2D eigenvalue weighted by Crippen LogP contribution is 2.05. The van der Waals surface area contributed by atoms with Gasteiger partial charge < -0.3 is 11.1 Å². The van der Waals surface area contributed by atoms with Crippen LogP contribution in [0.4, 0.5) is 0 Å². The first-order chi connectivity index (χ1) is 7.56. The van der Waals surface area contributed by atoms with E-state index in [0.717, 1.165) is 25.7 Å². The molecule has 1 atom stereocenters. The van der Waals surface area contributed by atoms with Gasteiger partial charge in [0.15, 0.2) is 0 Å². The maximum Gasteiger partial charge on any atom is 0.220 e. The summed E-state index contributed by atoms with van der Waals surface area (Å²) in [5, 5.41) is 2.88. The minimum Gasteiger partial charge on any atom is -0.370 e. The Morgan fingerprint density at radius 1 is 1.25 bits per heavy atom. The summed E-state index contributed by atoms with van der Waals surface area (Å²) < 4.78 is 0. The molecular weight excluding hydrogens is 204 g/mol. The zero-order valence-electron chi connectivity index (χ0n) is 10.4. The molecule has 0 spiro atoms. The van der Waals surface area contributed by atoms with Gasteiger partial charge >= 0.3 is 0 Å². The van der Waals surface area contributed by atoms with Gasteiger partial charge in [0.2, 0.25) is 11.8 Å². The van der Waals surface area contributed by atoms with Crippen molar-refractivity contribution in [3.63, 3.8) is 0 Å². The number of rotatable bonds is 9. The van der Waals surface area contributed by atoms with Gasteiger partial charge in [-0.1, -0.05) is 26.7 Å². The van der Waals surface area contributed by atoms with Gasteiger partial charge in [0.1, 0.15) is 0 Å². The van der Waals surface area contributed by atoms with Crippen LogP contribution in [0, 0.1) is 5.92 Å². The number of carbonyl (C=O) groups excluding carboxylic acids is 2. The van der Waals surface area contributed by atoms with Crippen LogP contribution in [0.25, 0.3) is 0 Å². The summed E-state index contributed by atoms with van der Waals surface area (Å²) in [5.74, 6) is 0.333. The Morgan fingerprint density at radius 3 is 2.50 bits per heavy atom. The van der Waals surface area contributed by atoms with Crippen LogP contribution in [0.15, 0.2) is 0 Å². The van der Waals surface area contributed by atoms with E-state index in [1.807, 2.05) is 0 Å². The Bertz CT molecular complexity index is 217. The molecular formula is C12H24N2O2. The van der Waals surface area contributed by atoms with Gasteiger partial charge in [-0.2, -0.15) is 0 Å². The lowest BCUT2D eigenvalue weighted by atomic mass is 10.1. The average molecular weight is 228 g/mol. The van der Waals surface area contributed by atoms with E-state index in [2.05, 4.69) is 19.2 Å². The molecule has 0 saturated carbocycles. The SMILES string of the molecule is CCC(C)CC(=O)NCCCCCC(N)=O.